The molecule has 0 aliphatic carbocycles. The first-order valence-corrected chi connectivity index (χ1v) is 13.3. The molecule has 1 aliphatic rings. The molecule has 7 aromatic rings. The van der Waals surface area contributed by atoms with Gasteiger partial charge < -0.3 is 4.90 Å². The Bertz CT molecular complexity index is 1950. The molecule has 1 aromatic heterocycles. The van der Waals surface area contributed by atoms with Gasteiger partial charge >= 0.3 is 0 Å². The van der Waals surface area contributed by atoms with Crippen molar-refractivity contribution in [2.75, 3.05) is 4.90 Å². The van der Waals surface area contributed by atoms with Gasteiger partial charge in [0, 0.05) is 22.0 Å². The van der Waals surface area contributed by atoms with Crippen LogP contribution in [0.3, 0.4) is 0 Å². The predicted molar refractivity (Wildman–Crippen MR) is 164 cm³/mol. The summed E-state index contributed by atoms with van der Waals surface area (Å²) in [5, 5.41) is 3.61. The highest BCUT2D eigenvalue weighted by molar-refractivity contribution is 6.20. The van der Waals surface area contributed by atoms with Crippen LogP contribution in [0.25, 0.3) is 55.2 Å². The number of hydrogen-bond donors (Lipinski definition) is 0. The van der Waals surface area contributed by atoms with Gasteiger partial charge in [-0.15, -0.1) is 0 Å². The highest BCUT2D eigenvalue weighted by Crippen LogP contribution is 2.52. The molecule has 2 heterocycles. The number of anilines is 3. The Hall–Kier alpha value is -5.21. The number of aromatic nitrogens is 1. The molecule has 1 aliphatic heterocycles. The average molecular weight is 497 g/mol. The van der Waals surface area contributed by atoms with E-state index in [1.807, 2.05) is 0 Å². The standard InChI is InChI=1S/C37H24N2/c1-3-12-25(13-4-1)27-22-28(26-14-5-2-6-15-26)24-29(23-27)39-34-20-10-8-17-32(34)37-36-31(18-11-21-35(36)39)30-16-7-9-19-33(30)38-37/h1-24H. The van der Waals surface area contributed by atoms with Crippen molar-refractivity contribution in [3.63, 3.8) is 0 Å². The Morgan fingerprint density at radius 1 is 0.436 bits per heavy atom. The molecule has 0 spiro atoms. The first-order valence-electron chi connectivity index (χ1n) is 13.3. The van der Waals surface area contributed by atoms with Gasteiger partial charge in [0.2, 0.25) is 0 Å². The molecule has 39 heavy (non-hydrogen) atoms. The fourth-order valence-electron chi connectivity index (χ4n) is 5.98. The monoisotopic (exact) mass is 496 g/mol. The lowest BCUT2D eigenvalue weighted by atomic mass is 9.92. The molecule has 0 saturated carbocycles. The third kappa shape index (κ3) is 3.46. The van der Waals surface area contributed by atoms with Crippen LogP contribution in [-0.4, -0.2) is 4.98 Å². The summed E-state index contributed by atoms with van der Waals surface area (Å²) in [5.41, 5.74) is 11.5. The van der Waals surface area contributed by atoms with Gasteiger partial charge in [-0.05, 0) is 64.0 Å². The highest BCUT2D eigenvalue weighted by atomic mass is 15.2. The van der Waals surface area contributed by atoms with E-state index in [9.17, 15) is 0 Å². The number of fused-ring (bicyclic) bond motifs is 4. The summed E-state index contributed by atoms with van der Waals surface area (Å²) in [7, 11) is 0. The van der Waals surface area contributed by atoms with E-state index in [-0.39, 0.29) is 0 Å². The molecule has 0 atom stereocenters. The zero-order valence-corrected chi connectivity index (χ0v) is 21.3. The third-order valence-electron chi connectivity index (χ3n) is 7.74. The maximum Gasteiger partial charge on any atom is 0.0830 e. The van der Waals surface area contributed by atoms with Crippen LogP contribution >= 0.6 is 0 Å². The van der Waals surface area contributed by atoms with E-state index in [0.717, 1.165) is 33.8 Å². The fraction of sp³-hybridized carbons (Fsp3) is 0. The van der Waals surface area contributed by atoms with Crippen LogP contribution < -0.4 is 4.90 Å². The van der Waals surface area contributed by atoms with Gasteiger partial charge in [-0.2, -0.15) is 0 Å². The predicted octanol–water partition coefficient (Wildman–Crippen LogP) is 10.2. The Morgan fingerprint density at radius 3 is 1.77 bits per heavy atom. The van der Waals surface area contributed by atoms with E-state index >= 15 is 0 Å². The Labute approximate surface area is 227 Å². The molecule has 0 bridgehead atoms. The number of rotatable bonds is 3. The van der Waals surface area contributed by atoms with E-state index in [0.29, 0.717) is 0 Å². The van der Waals surface area contributed by atoms with Crippen molar-refractivity contribution in [3.8, 4) is 33.5 Å². The van der Waals surface area contributed by atoms with Crippen LogP contribution in [0.5, 0.6) is 0 Å². The van der Waals surface area contributed by atoms with Crippen LogP contribution in [0.1, 0.15) is 0 Å². The van der Waals surface area contributed by atoms with Gasteiger partial charge in [0.15, 0.2) is 0 Å². The number of para-hydroxylation sites is 2. The first kappa shape index (κ1) is 21.8. The summed E-state index contributed by atoms with van der Waals surface area (Å²) in [6.07, 6.45) is 0. The third-order valence-corrected chi connectivity index (χ3v) is 7.74. The van der Waals surface area contributed by atoms with Crippen LogP contribution in [0.4, 0.5) is 17.1 Å². The van der Waals surface area contributed by atoms with Gasteiger partial charge in [0.1, 0.15) is 0 Å². The van der Waals surface area contributed by atoms with Crippen LogP contribution in [0.2, 0.25) is 0 Å². The van der Waals surface area contributed by atoms with Crippen LogP contribution in [0, 0.1) is 0 Å². The number of pyridine rings is 1. The minimum Gasteiger partial charge on any atom is -0.309 e. The molecular formula is C37H24N2. The lowest BCUT2D eigenvalue weighted by Crippen LogP contribution is -2.16. The van der Waals surface area contributed by atoms with Crippen LogP contribution in [-0.2, 0) is 0 Å². The van der Waals surface area contributed by atoms with Crippen molar-refractivity contribution in [3.05, 3.63) is 146 Å². The normalized spacial score (nSPS) is 12.1. The van der Waals surface area contributed by atoms with Gasteiger partial charge in [0.05, 0.1) is 22.6 Å². The zero-order chi connectivity index (χ0) is 25.8. The molecule has 0 fully saturated rings. The minimum absolute atomic E-state index is 1.03. The Morgan fingerprint density at radius 2 is 1.03 bits per heavy atom. The zero-order valence-electron chi connectivity index (χ0n) is 21.3. The largest absolute Gasteiger partial charge is 0.309 e. The van der Waals surface area contributed by atoms with E-state index in [2.05, 4.69) is 150 Å². The van der Waals surface area contributed by atoms with Crippen molar-refractivity contribution < 1.29 is 0 Å². The van der Waals surface area contributed by atoms with E-state index in [1.165, 1.54) is 38.4 Å². The van der Waals surface area contributed by atoms with Gasteiger partial charge in [-0.1, -0.05) is 109 Å². The molecule has 182 valence electrons. The fourth-order valence-corrected chi connectivity index (χ4v) is 5.98. The second-order valence-corrected chi connectivity index (χ2v) is 10.0. The minimum atomic E-state index is 1.03. The maximum atomic E-state index is 5.21. The van der Waals surface area contributed by atoms with E-state index in [1.54, 1.807) is 0 Å². The molecule has 0 amide bonds. The Kier molecular flexibility index (Phi) is 4.86. The average Bonchev–Trinajstić information content (AvgIpc) is 3.02. The highest BCUT2D eigenvalue weighted by Gasteiger charge is 2.28. The van der Waals surface area contributed by atoms with Gasteiger partial charge in [-0.25, -0.2) is 4.98 Å². The molecule has 0 radical (unpaired) electrons. The van der Waals surface area contributed by atoms with E-state index in [4.69, 9.17) is 4.98 Å². The number of hydrogen-bond acceptors (Lipinski definition) is 2. The van der Waals surface area contributed by atoms with Crippen molar-refractivity contribution in [1.29, 1.82) is 0 Å². The maximum absolute atomic E-state index is 5.21. The van der Waals surface area contributed by atoms with Gasteiger partial charge in [-0.3, -0.25) is 0 Å². The van der Waals surface area contributed by atoms with Crippen molar-refractivity contribution in [2.45, 2.75) is 0 Å². The summed E-state index contributed by atoms with van der Waals surface area (Å²) >= 11 is 0. The smallest absolute Gasteiger partial charge is 0.0830 e. The van der Waals surface area contributed by atoms with Crippen LogP contribution in [0.15, 0.2) is 146 Å². The summed E-state index contributed by atoms with van der Waals surface area (Å²) in [4.78, 5) is 7.62. The van der Waals surface area contributed by atoms with Crippen molar-refractivity contribution >= 4 is 38.7 Å². The molecule has 2 heteroatoms. The summed E-state index contributed by atoms with van der Waals surface area (Å²) in [6.45, 7) is 0. The van der Waals surface area contributed by atoms with Crippen molar-refractivity contribution in [2.24, 2.45) is 0 Å². The molecule has 6 aromatic carbocycles. The van der Waals surface area contributed by atoms with Gasteiger partial charge in [0.25, 0.3) is 0 Å². The summed E-state index contributed by atoms with van der Waals surface area (Å²) in [5.74, 6) is 0. The topological polar surface area (TPSA) is 16.1 Å². The molecular weight excluding hydrogens is 472 g/mol. The SMILES string of the molecule is c1ccc(-c2cc(-c3ccccc3)cc(N3c4ccccc4-c4nc5ccccc5c5cccc3c45)c2)cc1. The second-order valence-electron chi connectivity index (χ2n) is 10.0. The molecule has 0 N–H and O–H groups in total. The van der Waals surface area contributed by atoms with Crippen molar-refractivity contribution in [1.82, 2.24) is 4.98 Å². The molecule has 0 saturated heterocycles. The Balaban J connectivity index is 1.46. The lowest BCUT2D eigenvalue weighted by Gasteiger charge is -2.33. The quantitative estimate of drug-likeness (QED) is 0.226. The summed E-state index contributed by atoms with van der Waals surface area (Å²) < 4.78 is 0. The molecule has 0 unspecified atom stereocenters. The molecule has 8 rings (SSSR count). The number of nitrogens with zero attached hydrogens (tertiary/aromatic N) is 2. The summed E-state index contributed by atoms with van der Waals surface area (Å²) in [6, 6.07) is 52.0. The second kappa shape index (κ2) is 8.68. The molecule has 2 nitrogen and oxygen atoms in total. The number of benzene rings is 6. The first-order chi connectivity index (χ1) is 19.3. The lowest BCUT2D eigenvalue weighted by molar-refractivity contribution is 1.27. The van der Waals surface area contributed by atoms with E-state index < -0.39 is 0 Å².